The minimum atomic E-state index is 0.331. The molecule has 88 valence electrons. The third-order valence-electron chi connectivity index (χ3n) is 2.64. The van der Waals surface area contributed by atoms with Gasteiger partial charge in [0.1, 0.15) is 0 Å². The summed E-state index contributed by atoms with van der Waals surface area (Å²) in [5, 5.41) is 8.62. The Labute approximate surface area is 98.8 Å². The normalized spacial score (nSPS) is 11.1. The number of hydrogen-bond donors (Lipinski definition) is 1. The predicted octanol–water partition coefficient (Wildman–Crippen LogP) is 3.73. The van der Waals surface area contributed by atoms with Crippen LogP contribution in [-0.2, 0) is 6.42 Å². The Kier molecular flexibility index (Phi) is 7.44. The van der Waals surface area contributed by atoms with Gasteiger partial charge in [0.05, 0.1) is 0 Å². The Morgan fingerprint density at radius 1 is 0.875 bits per heavy atom. The van der Waals surface area contributed by atoms with E-state index in [1.807, 2.05) is 0 Å². The number of hydrogen-bond acceptors (Lipinski definition) is 1. The van der Waals surface area contributed by atoms with Crippen molar-refractivity contribution in [3.63, 3.8) is 0 Å². The molecule has 0 aliphatic rings. The van der Waals surface area contributed by atoms with Crippen molar-refractivity contribution >= 4 is 0 Å². The molecule has 0 spiro atoms. The zero-order valence-electron chi connectivity index (χ0n) is 9.94. The largest absolute Gasteiger partial charge is 0.396 e. The van der Waals surface area contributed by atoms with Crippen LogP contribution in [0.2, 0.25) is 0 Å². The van der Waals surface area contributed by atoms with Crippen LogP contribution in [0.5, 0.6) is 0 Å². The summed E-state index contributed by atoms with van der Waals surface area (Å²) in [7, 11) is 0. The van der Waals surface area contributed by atoms with Crippen LogP contribution in [-0.4, -0.2) is 11.7 Å². The van der Waals surface area contributed by atoms with Crippen molar-refractivity contribution in [2.24, 2.45) is 0 Å². The van der Waals surface area contributed by atoms with Gasteiger partial charge in [-0.3, -0.25) is 0 Å². The van der Waals surface area contributed by atoms with Gasteiger partial charge in [-0.05, 0) is 37.7 Å². The standard InChI is InChI=1S/C15H22O/c16-14-10-5-3-1-2-4-7-11-15-12-8-6-9-13-15/h2,4,6,8-9,12-13,16H,1,3,5,7,10-11,14H2/b4-2+. The van der Waals surface area contributed by atoms with Gasteiger partial charge in [0.15, 0.2) is 0 Å². The van der Waals surface area contributed by atoms with Crippen molar-refractivity contribution in [2.45, 2.75) is 38.5 Å². The first-order valence-electron chi connectivity index (χ1n) is 6.23. The first-order chi connectivity index (χ1) is 7.93. The molecule has 1 nitrogen and oxygen atoms in total. The average molecular weight is 218 g/mol. The van der Waals surface area contributed by atoms with Crippen molar-refractivity contribution in [1.29, 1.82) is 0 Å². The van der Waals surface area contributed by atoms with E-state index in [0.29, 0.717) is 6.61 Å². The van der Waals surface area contributed by atoms with Gasteiger partial charge < -0.3 is 5.11 Å². The number of aliphatic hydroxyl groups is 1. The van der Waals surface area contributed by atoms with Gasteiger partial charge in [0, 0.05) is 6.61 Å². The third kappa shape index (κ3) is 6.41. The van der Waals surface area contributed by atoms with E-state index in [1.165, 1.54) is 12.0 Å². The molecule has 0 radical (unpaired) electrons. The first kappa shape index (κ1) is 13.0. The average Bonchev–Trinajstić information content (AvgIpc) is 2.34. The van der Waals surface area contributed by atoms with E-state index in [0.717, 1.165) is 32.1 Å². The molecule has 0 aliphatic heterocycles. The Morgan fingerprint density at radius 3 is 2.38 bits per heavy atom. The molecule has 0 fully saturated rings. The van der Waals surface area contributed by atoms with Crippen LogP contribution in [0.25, 0.3) is 0 Å². The predicted molar refractivity (Wildman–Crippen MR) is 69.5 cm³/mol. The van der Waals surface area contributed by atoms with Gasteiger partial charge in [-0.1, -0.05) is 48.9 Å². The van der Waals surface area contributed by atoms with E-state index in [2.05, 4.69) is 42.5 Å². The Morgan fingerprint density at radius 2 is 1.62 bits per heavy atom. The summed E-state index contributed by atoms with van der Waals surface area (Å²) in [5.41, 5.74) is 1.41. The molecule has 0 atom stereocenters. The fraction of sp³-hybridized carbons (Fsp3) is 0.467. The number of rotatable bonds is 8. The lowest BCUT2D eigenvalue weighted by molar-refractivity contribution is 0.283. The molecule has 0 aliphatic carbocycles. The number of unbranched alkanes of at least 4 members (excludes halogenated alkanes) is 3. The molecule has 1 heteroatoms. The summed E-state index contributed by atoms with van der Waals surface area (Å²) in [5.74, 6) is 0. The molecule has 0 saturated carbocycles. The molecular weight excluding hydrogens is 196 g/mol. The van der Waals surface area contributed by atoms with Crippen LogP contribution in [0.3, 0.4) is 0 Å². The zero-order chi connectivity index (χ0) is 11.5. The highest BCUT2D eigenvalue weighted by atomic mass is 16.2. The molecule has 0 saturated heterocycles. The second-order valence-electron chi connectivity index (χ2n) is 4.07. The van der Waals surface area contributed by atoms with Gasteiger partial charge in [0.2, 0.25) is 0 Å². The fourth-order valence-electron chi connectivity index (χ4n) is 1.68. The third-order valence-corrected chi connectivity index (χ3v) is 2.64. The van der Waals surface area contributed by atoms with Gasteiger partial charge in [0.25, 0.3) is 0 Å². The molecule has 0 unspecified atom stereocenters. The minimum Gasteiger partial charge on any atom is -0.396 e. The van der Waals surface area contributed by atoms with E-state index in [4.69, 9.17) is 5.11 Å². The molecule has 0 amide bonds. The van der Waals surface area contributed by atoms with E-state index in [1.54, 1.807) is 0 Å². The van der Waals surface area contributed by atoms with E-state index in [9.17, 15) is 0 Å². The van der Waals surface area contributed by atoms with Crippen molar-refractivity contribution in [1.82, 2.24) is 0 Å². The highest BCUT2D eigenvalue weighted by Gasteiger charge is 1.88. The summed E-state index contributed by atoms with van der Waals surface area (Å²) >= 11 is 0. The number of aryl methyl sites for hydroxylation is 1. The molecule has 0 heterocycles. The van der Waals surface area contributed by atoms with Crippen molar-refractivity contribution in [2.75, 3.05) is 6.61 Å². The number of allylic oxidation sites excluding steroid dienone is 2. The maximum atomic E-state index is 8.62. The quantitative estimate of drug-likeness (QED) is 0.520. The van der Waals surface area contributed by atoms with Crippen molar-refractivity contribution in [3.05, 3.63) is 48.0 Å². The second-order valence-corrected chi connectivity index (χ2v) is 4.07. The maximum Gasteiger partial charge on any atom is 0.0431 e. The maximum absolute atomic E-state index is 8.62. The highest BCUT2D eigenvalue weighted by Crippen LogP contribution is 2.04. The Hall–Kier alpha value is -1.08. The van der Waals surface area contributed by atoms with Gasteiger partial charge in [-0.25, -0.2) is 0 Å². The van der Waals surface area contributed by atoms with Crippen LogP contribution >= 0.6 is 0 Å². The summed E-state index contributed by atoms with van der Waals surface area (Å²) < 4.78 is 0. The van der Waals surface area contributed by atoms with Crippen molar-refractivity contribution < 1.29 is 5.11 Å². The molecular formula is C15H22O. The van der Waals surface area contributed by atoms with Crippen LogP contribution in [0, 0.1) is 0 Å². The highest BCUT2D eigenvalue weighted by molar-refractivity contribution is 5.15. The SMILES string of the molecule is OCCCCC/C=C/CCc1ccccc1. The van der Waals surface area contributed by atoms with Gasteiger partial charge in [-0.15, -0.1) is 0 Å². The fourth-order valence-corrected chi connectivity index (χ4v) is 1.68. The molecule has 1 rings (SSSR count). The first-order valence-corrected chi connectivity index (χ1v) is 6.23. The number of aliphatic hydroxyl groups excluding tert-OH is 1. The Balaban J connectivity index is 2.00. The molecule has 1 aromatic carbocycles. The smallest absolute Gasteiger partial charge is 0.0431 e. The summed E-state index contributed by atoms with van der Waals surface area (Å²) in [6, 6.07) is 10.6. The summed E-state index contributed by atoms with van der Waals surface area (Å²) in [4.78, 5) is 0. The van der Waals surface area contributed by atoms with Crippen LogP contribution < -0.4 is 0 Å². The zero-order valence-corrected chi connectivity index (χ0v) is 9.94. The lowest BCUT2D eigenvalue weighted by atomic mass is 10.1. The Bertz CT molecular complexity index is 277. The minimum absolute atomic E-state index is 0.331. The van der Waals surface area contributed by atoms with Crippen molar-refractivity contribution in [3.8, 4) is 0 Å². The summed E-state index contributed by atoms with van der Waals surface area (Å²) in [6.07, 6.45) is 11.2. The van der Waals surface area contributed by atoms with E-state index >= 15 is 0 Å². The van der Waals surface area contributed by atoms with Gasteiger partial charge >= 0.3 is 0 Å². The van der Waals surface area contributed by atoms with E-state index < -0.39 is 0 Å². The lowest BCUT2D eigenvalue weighted by Crippen LogP contribution is -1.82. The van der Waals surface area contributed by atoms with Gasteiger partial charge in [-0.2, -0.15) is 0 Å². The number of benzene rings is 1. The molecule has 0 bridgehead atoms. The molecule has 1 aromatic rings. The monoisotopic (exact) mass is 218 g/mol. The van der Waals surface area contributed by atoms with Crippen LogP contribution in [0.4, 0.5) is 0 Å². The second kappa shape index (κ2) is 9.17. The molecule has 16 heavy (non-hydrogen) atoms. The lowest BCUT2D eigenvalue weighted by Gasteiger charge is -1.97. The van der Waals surface area contributed by atoms with Crippen LogP contribution in [0.15, 0.2) is 42.5 Å². The summed E-state index contributed by atoms with van der Waals surface area (Å²) in [6.45, 7) is 0.331. The molecule has 0 aromatic heterocycles. The van der Waals surface area contributed by atoms with Crippen LogP contribution in [0.1, 0.15) is 37.7 Å². The van der Waals surface area contributed by atoms with E-state index in [-0.39, 0.29) is 0 Å². The molecule has 1 N–H and O–H groups in total. The topological polar surface area (TPSA) is 20.2 Å².